The molecule has 42 valence electrons. The molecule has 1 heterocycles. The van der Waals surface area contributed by atoms with E-state index in [9.17, 15) is 0 Å². The highest BCUT2D eigenvalue weighted by molar-refractivity contribution is 5.81. The van der Waals surface area contributed by atoms with E-state index in [1.807, 2.05) is 6.92 Å². The van der Waals surface area contributed by atoms with Gasteiger partial charge in [-0.3, -0.25) is 0 Å². The summed E-state index contributed by atoms with van der Waals surface area (Å²) in [6.45, 7) is 2.57. The predicted octanol–water partition coefficient (Wildman–Crippen LogP) is 1.20. The van der Waals surface area contributed by atoms with Crippen molar-refractivity contribution in [1.29, 1.82) is 0 Å². The van der Waals surface area contributed by atoms with Crippen molar-refractivity contribution in [2.45, 2.75) is 6.92 Å². The maximum atomic E-state index is 3.82. The molecule has 0 spiro atoms. The van der Waals surface area contributed by atoms with Crippen LogP contribution in [0.5, 0.6) is 0 Å². The summed E-state index contributed by atoms with van der Waals surface area (Å²) in [5.74, 6) is 0.368. The van der Waals surface area contributed by atoms with Crippen molar-refractivity contribution in [3.63, 3.8) is 0 Å². The highest BCUT2D eigenvalue weighted by atomic mass is 15.6. The monoisotopic (exact) mass is 111 g/mol. The normalized spacial score (nSPS) is 15.4. The zero-order valence-corrected chi connectivity index (χ0v) is 4.44. The Bertz CT molecular complexity index is 141. The van der Waals surface area contributed by atoms with Crippen LogP contribution in [0.1, 0.15) is 6.92 Å². The van der Waals surface area contributed by atoms with E-state index in [2.05, 4.69) is 25.7 Å². The molecule has 5 nitrogen and oxygen atoms in total. The van der Waals surface area contributed by atoms with Gasteiger partial charge in [0.1, 0.15) is 0 Å². The molecule has 0 N–H and O–H groups in total. The first-order chi connectivity index (χ1) is 3.93. The van der Waals surface area contributed by atoms with Gasteiger partial charge in [-0.05, 0) is 17.4 Å². The molecule has 1 aliphatic heterocycles. The first kappa shape index (κ1) is 5.02. The summed E-state index contributed by atoms with van der Waals surface area (Å²) >= 11 is 0. The molecule has 0 amide bonds. The topological polar surface area (TPSA) is 61.8 Å². The van der Waals surface area contributed by atoms with Crippen LogP contribution in [0.15, 0.2) is 25.7 Å². The Labute approximate surface area is 46.2 Å². The number of hydrogen-bond donors (Lipinski definition) is 0. The number of nitrogens with zero attached hydrogens (tertiary/aromatic N) is 5. The standard InChI is InChI=1S/C3H5N5/c1-2-4-3-5-7-8-6-3/h2H2,1H3. The second-order valence-electron chi connectivity index (χ2n) is 1.15. The quantitative estimate of drug-likeness (QED) is 0.488. The summed E-state index contributed by atoms with van der Waals surface area (Å²) in [6.07, 6.45) is 0. The number of aliphatic imine (C=N–C) groups is 1. The van der Waals surface area contributed by atoms with Crippen LogP contribution < -0.4 is 0 Å². The van der Waals surface area contributed by atoms with Gasteiger partial charge < -0.3 is 0 Å². The van der Waals surface area contributed by atoms with Crippen LogP contribution in [-0.2, 0) is 0 Å². The van der Waals surface area contributed by atoms with Gasteiger partial charge in [-0.1, -0.05) is 10.2 Å². The van der Waals surface area contributed by atoms with Crippen LogP contribution in [-0.4, -0.2) is 12.5 Å². The lowest BCUT2D eigenvalue weighted by atomic mass is 10.8. The molecular formula is C3H5N5. The zero-order valence-electron chi connectivity index (χ0n) is 4.44. The van der Waals surface area contributed by atoms with Gasteiger partial charge in [-0.2, -0.15) is 0 Å². The fraction of sp³-hybridized carbons (Fsp3) is 0.667. The number of hydrogen-bond acceptors (Lipinski definition) is 3. The molecule has 0 saturated carbocycles. The van der Waals surface area contributed by atoms with Crippen LogP contribution in [0, 0.1) is 0 Å². The van der Waals surface area contributed by atoms with Crippen molar-refractivity contribution < 1.29 is 0 Å². The lowest BCUT2D eigenvalue weighted by Gasteiger charge is -1.76. The van der Waals surface area contributed by atoms with Gasteiger partial charge in [0, 0.05) is 6.54 Å². The largest absolute Gasteiger partial charge is 0.286 e. The number of guanidine groups is 1. The molecule has 5 heteroatoms. The van der Waals surface area contributed by atoms with E-state index >= 15 is 0 Å². The maximum Gasteiger partial charge on any atom is 0.286 e. The van der Waals surface area contributed by atoms with Crippen LogP contribution in [0.3, 0.4) is 0 Å². The average molecular weight is 111 g/mol. The minimum absolute atomic E-state index is 0.368. The second-order valence-corrected chi connectivity index (χ2v) is 1.15. The molecule has 0 radical (unpaired) electrons. The molecule has 0 atom stereocenters. The van der Waals surface area contributed by atoms with Crippen molar-refractivity contribution in [1.82, 2.24) is 0 Å². The van der Waals surface area contributed by atoms with E-state index in [4.69, 9.17) is 0 Å². The average Bonchev–Trinajstić information content (AvgIpc) is 2.19. The Morgan fingerprint density at radius 1 is 1.38 bits per heavy atom. The van der Waals surface area contributed by atoms with Crippen molar-refractivity contribution in [2.75, 3.05) is 6.54 Å². The molecule has 0 unspecified atom stereocenters. The molecular weight excluding hydrogens is 106 g/mol. The summed E-state index contributed by atoms with van der Waals surface area (Å²) < 4.78 is 0. The zero-order chi connectivity index (χ0) is 5.82. The molecule has 0 aromatic heterocycles. The lowest BCUT2D eigenvalue weighted by molar-refractivity contribution is 1.06. The fourth-order valence-electron chi connectivity index (χ4n) is 0.345. The Balaban J connectivity index is 2.60. The SMILES string of the molecule is CCN=C1N=NN=N1. The molecule has 1 rings (SSSR count). The molecule has 0 aliphatic carbocycles. The fourth-order valence-corrected chi connectivity index (χ4v) is 0.345. The Morgan fingerprint density at radius 2 is 2.00 bits per heavy atom. The minimum atomic E-state index is 0.368. The van der Waals surface area contributed by atoms with Crippen LogP contribution >= 0.6 is 0 Å². The molecule has 8 heavy (non-hydrogen) atoms. The van der Waals surface area contributed by atoms with Crippen molar-refractivity contribution in [2.24, 2.45) is 25.7 Å². The van der Waals surface area contributed by atoms with Gasteiger partial charge >= 0.3 is 0 Å². The Hall–Kier alpha value is -1.13. The summed E-state index contributed by atoms with van der Waals surface area (Å²) in [5.41, 5.74) is 0. The van der Waals surface area contributed by atoms with Crippen molar-refractivity contribution in [3.05, 3.63) is 0 Å². The molecule has 0 saturated heterocycles. The second kappa shape index (κ2) is 2.25. The summed E-state index contributed by atoms with van der Waals surface area (Å²) in [4.78, 5) is 3.82. The van der Waals surface area contributed by atoms with E-state index < -0.39 is 0 Å². The van der Waals surface area contributed by atoms with Crippen molar-refractivity contribution in [3.8, 4) is 0 Å². The van der Waals surface area contributed by atoms with E-state index in [0.29, 0.717) is 12.5 Å². The number of rotatable bonds is 1. The van der Waals surface area contributed by atoms with Crippen LogP contribution in [0.25, 0.3) is 0 Å². The Kier molecular flexibility index (Phi) is 1.41. The van der Waals surface area contributed by atoms with Gasteiger partial charge in [0.05, 0.1) is 0 Å². The van der Waals surface area contributed by atoms with E-state index in [0.717, 1.165) is 0 Å². The summed E-state index contributed by atoms with van der Waals surface area (Å²) in [7, 11) is 0. The molecule has 1 aliphatic rings. The highest BCUT2D eigenvalue weighted by Gasteiger charge is 1.95. The molecule has 0 fully saturated rings. The van der Waals surface area contributed by atoms with Gasteiger partial charge in [0.25, 0.3) is 5.96 Å². The minimum Gasteiger partial charge on any atom is -0.247 e. The van der Waals surface area contributed by atoms with E-state index in [1.54, 1.807) is 0 Å². The van der Waals surface area contributed by atoms with Gasteiger partial charge in [0.15, 0.2) is 0 Å². The molecule has 0 bridgehead atoms. The van der Waals surface area contributed by atoms with E-state index in [1.165, 1.54) is 0 Å². The third-order valence-electron chi connectivity index (χ3n) is 0.608. The van der Waals surface area contributed by atoms with Gasteiger partial charge in [0.2, 0.25) is 0 Å². The first-order valence-corrected chi connectivity index (χ1v) is 2.29. The van der Waals surface area contributed by atoms with Crippen molar-refractivity contribution >= 4 is 5.96 Å². The Morgan fingerprint density at radius 3 is 2.50 bits per heavy atom. The molecule has 0 aromatic rings. The molecule has 0 aromatic carbocycles. The summed E-state index contributed by atoms with van der Waals surface area (Å²) in [6, 6.07) is 0. The smallest absolute Gasteiger partial charge is 0.247 e. The van der Waals surface area contributed by atoms with Crippen LogP contribution in [0.2, 0.25) is 0 Å². The summed E-state index contributed by atoms with van der Waals surface area (Å²) in [5, 5.41) is 13.4. The third kappa shape index (κ3) is 0.927. The van der Waals surface area contributed by atoms with Gasteiger partial charge in [-0.25, -0.2) is 4.99 Å². The van der Waals surface area contributed by atoms with Crippen LogP contribution in [0.4, 0.5) is 0 Å². The first-order valence-electron chi connectivity index (χ1n) is 2.29. The highest BCUT2D eigenvalue weighted by Crippen LogP contribution is 1.96. The van der Waals surface area contributed by atoms with E-state index in [-0.39, 0.29) is 0 Å². The van der Waals surface area contributed by atoms with Gasteiger partial charge in [-0.15, -0.1) is 0 Å². The third-order valence-corrected chi connectivity index (χ3v) is 0.608. The lowest BCUT2D eigenvalue weighted by Crippen LogP contribution is -1.82. The predicted molar refractivity (Wildman–Crippen MR) is 27.7 cm³/mol. The maximum absolute atomic E-state index is 3.82.